The zero-order chi connectivity index (χ0) is 23.3. The Balaban J connectivity index is 1.43. The van der Waals surface area contributed by atoms with Gasteiger partial charge in [0.15, 0.2) is 6.61 Å². The van der Waals surface area contributed by atoms with Gasteiger partial charge in [-0.05, 0) is 54.2 Å². The summed E-state index contributed by atoms with van der Waals surface area (Å²) < 4.78 is 5.29. The molecule has 0 saturated heterocycles. The molecule has 1 aliphatic heterocycles. The van der Waals surface area contributed by atoms with Crippen molar-refractivity contribution in [3.8, 4) is 0 Å². The molecular formula is C28H25N3O3. The van der Waals surface area contributed by atoms with E-state index < -0.39 is 5.97 Å². The van der Waals surface area contributed by atoms with E-state index in [9.17, 15) is 9.59 Å². The Morgan fingerprint density at radius 1 is 0.971 bits per heavy atom. The minimum Gasteiger partial charge on any atom is -0.451 e. The topological polar surface area (TPSA) is 71.9 Å². The fraction of sp³-hybridized carbons (Fsp3) is 0.214. The molecule has 0 N–H and O–H groups in total. The van der Waals surface area contributed by atoms with Crippen LogP contribution in [0.5, 0.6) is 0 Å². The summed E-state index contributed by atoms with van der Waals surface area (Å²) in [5.41, 5.74) is 4.42. The summed E-state index contributed by atoms with van der Waals surface area (Å²) in [5, 5.41) is 6.34. The number of allylic oxidation sites excluding steroid dienone is 1. The lowest BCUT2D eigenvalue weighted by atomic mass is 9.77. The normalized spacial score (nSPS) is 20.5. The van der Waals surface area contributed by atoms with Gasteiger partial charge in [0.1, 0.15) is 5.69 Å². The van der Waals surface area contributed by atoms with Crippen molar-refractivity contribution in [1.82, 2.24) is 9.99 Å². The van der Waals surface area contributed by atoms with Crippen LogP contribution in [0.1, 0.15) is 46.9 Å². The smallest absolute Gasteiger partial charge is 0.357 e. The van der Waals surface area contributed by atoms with Gasteiger partial charge in [0.05, 0.1) is 11.8 Å². The average molecular weight is 452 g/mol. The third-order valence-electron chi connectivity index (χ3n) is 6.24. The van der Waals surface area contributed by atoms with Gasteiger partial charge in [0.2, 0.25) is 0 Å². The molecule has 1 aromatic heterocycles. The number of hydrogen-bond donors (Lipinski definition) is 0. The van der Waals surface area contributed by atoms with Gasteiger partial charge in [-0.3, -0.25) is 4.79 Å². The van der Waals surface area contributed by atoms with E-state index in [4.69, 9.17) is 9.84 Å². The van der Waals surface area contributed by atoms with Crippen LogP contribution < -0.4 is 0 Å². The first-order valence-electron chi connectivity index (χ1n) is 11.5. The molecule has 1 amide bonds. The number of ether oxygens (including phenoxy) is 1. The maximum Gasteiger partial charge on any atom is 0.357 e. The second kappa shape index (κ2) is 9.83. The molecular weight excluding hydrogens is 426 g/mol. The lowest BCUT2D eigenvalue weighted by Gasteiger charge is -2.29. The number of benzene rings is 2. The first kappa shape index (κ1) is 21.8. The van der Waals surface area contributed by atoms with Crippen LogP contribution in [0, 0.1) is 5.92 Å². The fourth-order valence-electron chi connectivity index (χ4n) is 4.69. The first-order chi connectivity index (χ1) is 16.7. The molecule has 0 bridgehead atoms. The predicted molar refractivity (Wildman–Crippen MR) is 130 cm³/mol. The van der Waals surface area contributed by atoms with Crippen LogP contribution in [-0.4, -0.2) is 34.2 Å². The van der Waals surface area contributed by atoms with Gasteiger partial charge in [0.25, 0.3) is 5.91 Å². The van der Waals surface area contributed by atoms with Crippen molar-refractivity contribution in [2.24, 2.45) is 11.0 Å². The highest BCUT2D eigenvalue weighted by Gasteiger charge is 2.43. The van der Waals surface area contributed by atoms with Crippen LogP contribution in [0.4, 0.5) is 0 Å². The summed E-state index contributed by atoms with van der Waals surface area (Å²) in [6, 6.07) is 24.9. The molecule has 170 valence electrons. The van der Waals surface area contributed by atoms with Gasteiger partial charge in [-0.2, -0.15) is 5.10 Å². The van der Waals surface area contributed by atoms with Gasteiger partial charge < -0.3 is 4.74 Å². The molecule has 3 aromatic rings. The minimum atomic E-state index is -0.626. The van der Waals surface area contributed by atoms with Crippen LogP contribution >= 0.6 is 0 Å². The van der Waals surface area contributed by atoms with E-state index in [-0.39, 0.29) is 30.2 Å². The lowest BCUT2D eigenvalue weighted by Crippen LogP contribution is -2.34. The average Bonchev–Trinajstić information content (AvgIpc) is 3.29. The third kappa shape index (κ3) is 4.53. The number of rotatable bonds is 5. The zero-order valence-corrected chi connectivity index (χ0v) is 18.7. The number of aromatic nitrogens is 1. The second-order valence-electron chi connectivity index (χ2n) is 8.45. The van der Waals surface area contributed by atoms with E-state index >= 15 is 0 Å². The van der Waals surface area contributed by atoms with Gasteiger partial charge in [-0.25, -0.2) is 14.8 Å². The molecule has 0 spiro atoms. The summed E-state index contributed by atoms with van der Waals surface area (Å²) in [4.78, 5) is 29.6. The SMILES string of the molecule is O=C(OCC(=O)N1N=C2C(=Cc3ccccc3)CCCC2C1c1ccccc1)c1ccccn1. The number of carbonyl (C=O) groups excluding carboxylic acids is 2. The zero-order valence-electron chi connectivity index (χ0n) is 18.7. The first-order valence-corrected chi connectivity index (χ1v) is 11.5. The highest BCUT2D eigenvalue weighted by Crippen LogP contribution is 2.44. The summed E-state index contributed by atoms with van der Waals surface area (Å²) in [7, 11) is 0. The van der Waals surface area contributed by atoms with Gasteiger partial charge >= 0.3 is 5.97 Å². The molecule has 34 heavy (non-hydrogen) atoms. The molecule has 2 heterocycles. The number of hydrogen-bond acceptors (Lipinski definition) is 5. The quantitative estimate of drug-likeness (QED) is 0.508. The molecule has 0 radical (unpaired) electrons. The van der Waals surface area contributed by atoms with Crippen LogP contribution in [0.3, 0.4) is 0 Å². The van der Waals surface area contributed by atoms with E-state index in [0.29, 0.717) is 0 Å². The maximum atomic E-state index is 13.3. The maximum absolute atomic E-state index is 13.3. The molecule has 2 unspecified atom stereocenters. The molecule has 5 rings (SSSR count). The highest BCUT2D eigenvalue weighted by molar-refractivity contribution is 6.08. The van der Waals surface area contributed by atoms with Crippen molar-refractivity contribution >= 4 is 23.7 Å². The van der Waals surface area contributed by atoms with E-state index in [0.717, 1.165) is 41.7 Å². The molecule has 1 aliphatic carbocycles. The molecule has 6 heteroatoms. The third-order valence-corrected chi connectivity index (χ3v) is 6.24. The lowest BCUT2D eigenvalue weighted by molar-refractivity contribution is -0.137. The van der Waals surface area contributed by atoms with Gasteiger partial charge in [-0.1, -0.05) is 66.7 Å². The monoisotopic (exact) mass is 451 g/mol. The summed E-state index contributed by atoms with van der Waals surface area (Å²) >= 11 is 0. The number of hydrazone groups is 1. The summed E-state index contributed by atoms with van der Waals surface area (Å²) in [6.45, 7) is -0.389. The van der Waals surface area contributed by atoms with E-state index in [1.54, 1.807) is 18.2 Å². The van der Waals surface area contributed by atoms with Crippen LogP contribution in [0.25, 0.3) is 6.08 Å². The Morgan fingerprint density at radius 2 is 1.71 bits per heavy atom. The number of pyridine rings is 1. The molecule has 1 saturated carbocycles. The molecule has 1 fully saturated rings. The van der Waals surface area contributed by atoms with Crippen molar-refractivity contribution in [2.45, 2.75) is 25.3 Å². The van der Waals surface area contributed by atoms with Gasteiger partial charge in [0, 0.05) is 12.1 Å². The van der Waals surface area contributed by atoms with Crippen LogP contribution in [-0.2, 0) is 9.53 Å². The summed E-state index contributed by atoms with van der Waals surface area (Å²) in [6.07, 6.45) is 6.58. The Morgan fingerprint density at radius 3 is 2.44 bits per heavy atom. The van der Waals surface area contributed by atoms with E-state index in [1.165, 1.54) is 11.2 Å². The molecule has 2 atom stereocenters. The van der Waals surface area contributed by atoms with Crippen molar-refractivity contribution in [3.05, 3.63) is 107 Å². The van der Waals surface area contributed by atoms with Crippen molar-refractivity contribution < 1.29 is 14.3 Å². The Hall–Kier alpha value is -4.06. The van der Waals surface area contributed by atoms with Gasteiger partial charge in [-0.15, -0.1) is 0 Å². The Kier molecular flexibility index (Phi) is 6.29. The number of carbonyl (C=O) groups is 2. The number of nitrogens with zero attached hydrogens (tertiary/aromatic N) is 3. The van der Waals surface area contributed by atoms with E-state index in [1.807, 2.05) is 48.5 Å². The molecule has 2 aliphatic rings. The highest BCUT2D eigenvalue weighted by atomic mass is 16.5. The van der Waals surface area contributed by atoms with E-state index in [2.05, 4.69) is 23.2 Å². The number of fused-ring (bicyclic) bond motifs is 1. The summed E-state index contributed by atoms with van der Waals surface area (Å²) in [5.74, 6) is -0.875. The second-order valence-corrected chi connectivity index (χ2v) is 8.45. The van der Waals surface area contributed by atoms with Crippen molar-refractivity contribution in [2.75, 3.05) is 6.61 Å². The molecule has 2 aromatic carbocycles. The standard InChI is InChI=1S/C28H25N3O3/c32-25(19-34-28(33)24-16-7-8-17-29-24)31-27(21-12-5-2-6-13-21)23-15-9-14-22(26(23)30-31)18-20-10-3-1-4-11-20/h1-8,10-13,16-18,23,27H,9,14-15,19H2. The number of esters is 1. The Labute approximate surface area is 198 Å². The predicted octanol–water partition coefficient (Wildman–Crippen LogP) is 5.06. The van der Waals surface area contributed by atoms with Crippen molar-refractivity contribution in [1.29, 1.82) is 0 Å². The molecule has 6 nitrogen and oxygen atoms in total. The van der Waals surface area contributed by atoms with Crippen LogP contribution in [0.15, 0.2) is 95.7 Å². The minimum absolute atomic E-state index is 0.0987. The van der Waals surface area contributed by atoms with Crippen molar-refractivity contribution in [3.63, 3.8) is 0 Å². The largest absolute Gasteiger partial charge is 0.451 e. The Bertz CT molecular complexity index is 1220. The fourth-order valence-corrected chi connectivity index (χ4v) is 4.69. The van der Waals surface area contributed by atoms with Crippen LogP contribution in [0.2, 0.25) is 0 Å². The number of amides is 1.